The van der Waals surface area contributed by atoms with E-state index in [2.05, 4.69) is 0 Å². The molecule has 0 bridgehead atoms. The third kappa shape index (κ3) is 4.37. The van der Waals surface area contributed by atoms with Gasteiger partial charge in [0.15, 0.2) is 0 Å². The molecule has 11 heavy (non-hydrogen) atoms. The molecule has 0 saturated heterocycles. The van der Waals surface area contributed by atoms with E-state index >= 15 is 0 Å². The average molecular weight is 180 g/mol. The van der Waals surface area contributed by atoms with Crippen molar-refractivity contribution in [2.75, 3.05) is 12.9 Å². The lowest BCUT2D eigenvalue weighted by atomic mass is 10.2. The third-order valence-electron chi connectivity index (χ3n) is 1.67. The van der Waals surface area contributed by atoms with E-state index in [1.807, 2.05) is 6.92 Å². The maximum absolute atomic E-state index is 11.0. The van der Waals surface area contributed by atoms with Crippen LogP contribution in [-0.2, 0) is 9.84 Å². The fourth-order valence-electron chi connectivity index (χ4n) is 1.04. The van der Waals surface area contributed by atoms with Crippen molar-refractivity contribution in [2.45, 2.75) is 31.4 Å². The lowest BCUT2D eigenvalue weighted by Gasteiger charge is -2.11. The molecular weight excluding hydrogens is 164 g/mol. The van der Waals surface area contributed by atoms with Crippen LogP contribution in [0.5, 0.6) is 0 Å². The summed E-state index contributed by atoms with van der Waals surface area (Å²) in [6.45, 7) is 1.90. The molecule has 0 aliphatic heterocycles. The molecule has 0 radical (unpaired) electrons. The first-order valence-electron chi connectivity index (χ1n) is 3.82. The molecule has 0 fully saturated rings. The summed E-state index contributed by atoms with van der Waals surface area (Å²) in [5.41, 5.74) is 0. The normalized spacial score (nSPS) is 14.8. The zero-order chi connectivity index (χ0) is 8.91. The zero-order valence-electron chi connectivity index (χ0n) is 7.08. The smallest absolute Gasteiger partial charge is 0.150 e. The van der Waals surface area contributed by atoms with Crippen molar-refractivity contribution in [1.82, 2.24) is 0 Å². The highest BCUT2D eigenvalue weighted by Crippen LogP contribution is 2.10. The molecule has 0 aromatic carbocycles. The highest BCUT2D eigenvalue weighted by atomic mass is 32.2. The molecule has 1 unspecified atom stereocenters. The van der Waals surface area contributed by atoms with Crippen LogP contribution >= 0.6 is 0 Å². The number of rotatable bonds is 5. The van der Waals surface area contributed by atoms with Crippen LogP contribution in [0.2, 0.25) is 0 Å². The first-order chi connectivity index (χ1) is 5.02. The highest BCUT2D eigenvalue weighted by molar-refractivity contribution is 7.91. The number of sulfone groups is 1. The van der Waals surface area contributed by atoms with Crippen LogP contribution in [0.15, 0.2) is 0 Å². The summed E-state index contributed by atoms with van der Waals surface area (Å²) in [5.74, 6) is 0. The van der Waals surface area contributed by atoms with Crippen LogP contribution in [0.3, 0.4) is 0 Å². The lowest BCUT2D eigenvalue weighted by Crippen LogP contribution is -2.20. The molecule has 0 rings (SSSR count). The van der Waals surface area contributed by atoms with Crippen molar-refractivity contribution in [3.8, 4) is 0 Å². The second kappa shape index (κ2) is 4.72. The molecule has 0 aromatic heterocycles. The van der Waals surface area contributed by atoms with Gasteiger partial charge in [-0.2, -0.15) is 0 Å². The number of aliphatic hydroxyl groups is 1. The van der Waals surface area contributed by atoms with Gasteiger partial charge >= 0.3 is 0 Å². The van der Waals surface area contributed by atoms with Crippen molar-refractivity contribution in [3.63, 3.8) is 0 Å². The Hall–Kier alpha value is -0.0900. The zero-order valence-corrected chi connectivity index (χ0v) is 7.89. The Balaban J connectivity index is 4.11. The van der Waals surface area contributed by atoms with E-state index in [1.165, 1.54) is 6.26 Å². The summed E-state index contributed by atoms with van der Waals surface area (Å²) in [5, 5.41) is 8.21. The van der Waals surface area contributed by atoms with Crippen molar-refractivity contribution < 1.29 is 13.5 Å². The van der Waals surface area contributed by atoms with Gasteiger partial charge in [-0.05, 0) is 12.8 Å². The Bertz CT molecular complexity index is 178. The second-order valence-electron chi connectivity index (χ2n) is 2.75. The molecule has 0 saturated carbocycles. The van der Waals surface area contributed by atoms with Crippen LogP contribution in [-0.4, -0.2) is 31.6 Å². The minimum Gasteiger partial charge on any atom is -0.396 e. The van der Waals surface area contributed by atoms with E-state index in [9.17, 15) is 8.42 Å². The standard InChI is InChI=1S/C7H16O3S/c1-3-4-7(5-6-8)11(2,9)10/h7-8H,3-6H2,1-2H3. The van der Waals surface area contributed by atoms with Crippen molar-refractivity contribution in [3.05, 3.63) is 0 Å². The van der Waals surface area contributed by atoms with Gasteiger partial charge in [-0.1, -0.05) is 13.3 Å². The summed E-state index contributed by atoms with van der Waals surface area (Å²) in [6.07, 6.45) is 3.09. The van der Waals surface area contributed by atoms with Gasteiger partial charge in [-0.15, -0.1) is 0 Å². The third-order valence-corrected chi connectivity index (χ3v) is 3.35. The monoisotopic (exact) mass is 180 g/mol. The summed E-state index contributed by atoms with van der Waals surface area (Å²) in [7, 11) is -2.95. The molecule has 68 valence electrons. The molecule has 0 heterocycles. The average Bonchev–Trinajstić information content (AvgIpc) is 1.85. The fourth-order valence-corrected chi connectivity index (χ4v) is 2.24. The van der Waals surface area contributed by atoms with Crippen molar-refractivity contribution in [2.24, 2.45) is 0 Å². The molecule has 1 N–H and O–H groups in total. The molecule has 0 amide bonds. The molecular formula is C7H16O3S. The topological polar surface area (TPSA) is 54.4 Å². The first kappa shape index (κ1) is 10.9. The van der Waals surface area contributed by atoms with Crippen molar-refractivity contribution in [1.29, 1.82) is 0 Å². The van der Waals surface area contributed by atoms with Gasteiger partial charge < -0.3 is 5.11 Å². The molecule has 0 spiro atoms. The van der Waals surface area contributed by atoms with E-state index in [0.29, 0.717) is 12.8 Å². The summed E-state index contributed by atoms with van der Waals surface area (Å²) >= 11 is 0. The molecule has 0 aliphatic carbocycles. The van der Waals surface area contributed by atoms with E-state index in [0.717, 1.165) is 6.42 Å². The Morgan fingerprint density at radius 3 is 2.18 bits per heavy atom. The van der Waals surface area contributed by atoms with E-state index in [1.54, 1.807) is 0 Å². The predicted molar refractivity (Wildman–Crippen MR) is 45.2 cm³/mol. The quantitative estimate of drug-likeness (QED) is 0.673. The van der Waals surface area contributed by atoms with Gasteiger partial charge in [0.2, 0.25) is 0 Å². The minimum atomic E-state index is -2.95. The van der Waals surface area contributed by atoms with E-state index in [-0.39, 0.29) is 11.9 Å². The van der Waals surface area contributed by atoms with Crippen LogP contribution in [0.4, 0.5) is 0 Å². The van der Waals surface area contributed by atoms with Crippen molar-refractivity contribution >= 4 is 9.84 Å². The van der Waals surface area contributed by atoms with Crippen LogP contribution < -0.4 is 0 Å². The Kier molecular flexibility index (Phi) is 4.68. The van der Waals surface area contributed by atoms with Crippen LogP contribution in [0, 0.1) is 0 Å². The van der Waals surface area contributed by atoms with Gasteiger partial charge in [0, 0.05) is 12.9 Å². The van der Waals surface area contributed by atoms with Gasteiger partial charge in [-0.25, -0.2) is 8.42 Å². The molecule has 0 aliphatic rings. The maximum Gasteiger partial charge on any atom is 0.150 e. The fraction of sp³-hybridized carbons (Fsp3) is 1.00. The van der Waals surface area contributed by atoms with Gasteiger partial charge in [-0.3, -0.25) is 0 Å². The van der Waals surface area contributed by atoms with Gasteiger partial charge in [0.1, 0.15) is 9.84 Å². The maximum atomic E-state index is 11.0. The van der Waals surface area contributed by atoms with E-state index in [4.69, 9.17) is 5.11 Å². The van der Waals surface area contributed by atoms with Crippen LogP contribution in [0.25, 0.3) is 0 Å². The second-order valence-corrected chi connectivity index (χ2v) is 5.08. The minimum absolute atomic E-state index is 0.0439. The Labute approximate surface area is 68.3 Å². The summed E-state index contributed by atoms with van der Waals surface area (Å²) < 4.78 is 22.0. The number of hydrogen-bond acceptors (Lipinski definition) is 3. The number of aliphatic hydroxyl groups excluding tert-OH is 1. The summed E-state index contributed by atoms with van der Waals surface area (Å²) in [4.78, 5) is 0. The summed E-state index contributed by atoms with van der Waals surface area (Å²) in [6, 6.07) is 0. The molecule has 0 aromatic rings. The molecule has 3 nitrogen and oxygen atoms in total. The lowest BCUT2D eigenvalue weighted by molar-refractivity contribution is 0.283. The number of hydrogen-bond donors (Lipinski definition) is 1. The van der Waals surface area contributed by atoms with E-state index < -0.39 is 9.84 Å². The largest absolute Gasteiger partial charge is 0.396 e. The molecule has 1 atom stereocenters. The van der Waals surface area contributed by atoms with Gasteiger partial charge in [0.25, 0.3) is 0 Å². The van der Waals surface area contributed by atoms with Gasteiger partial charge in [0.05, 0.1) is 5.25 Å². The predicted octanol–water partition coefficient (Wildman–Crippen LogP) is 0.582. The highest BCUT2D eigenvalue weighted by Gasteiger charge is 2.18. The SMILES string of the molecule is CCCC(CCO)S(C)(=O)=O. The Morgan fingerprint density at radius 2 is 1.91 bits per heavy atom. The first-order valence-corrected chi connectivity index (χ1v) is 5.77. The Morgan fingerprint density at radius 1 is 1.36 bits per heavy atom. The molecule has 4 heteroatoms. The van der Waals surface area contributed by atoms with Crippen LogP contribution in [0.1, 0.15) is 26.2 Å².